The first kappa shape index (κ1) is 30.8. The Kier molecular flexibility index (Phi) is 6.84. The summed E-state index contributed by atoms with van der Waals surface area (Å²) in [5.41, 5.74) is 7.93. The second kappa shape index (κ2) is 11.1. The van der Waals surface area contributed by atoms with Gasteiger partial charge in [-0.1, -0.05) is 97.1 Å². The Morgan fingerprint density at radius 2 is 0.800 bits per heavy atom. The molecule has 0 fully saturated rings. The summed E-state index contributed by atoms with van der Waals surface area (Å²) >= 11 is 0. The fourth-order valence-corrected chi connectivity index (χ4v) is 13.1. The molecule has 0 saturated heterocycles. The standard InChI is InChI=1S/C42H36N4O2P2/c1-43-37-25-22-32(28-40(37)46(4)49(43,47)33-14-6-5-7-15-33)29-18-23-34(24-19-29)50(48)44(2)38-26-20-30-12-8-10-16-35(30)41(38)42-36-17-11-9-13-31(36)21-27-39(42)45(50)3/h5-28H,1-4H3. The van der Waals surface area contributed by atoms with Gasteiger partial charge >= 0.3 is 0 Å². The molecule has 9 rings (SSSR count). The molecular formula is C42H36N4O2P2. The van der Waals surface area contributed by atoms with Gasteiger partial charge in [-0.25, -0.2) is 0 Å². The summed E-state index contributed by atoms with van der Waals surface area (Å²) in [6.45, 7) is 0. The summed E-state index contributed by atoms with van der Waals surface area (Å²) in [4.78, 5) is 0. The average Bonchev–Trinajstić information content (AvgIpc) is 3.32. The van der Waals surface area contributed by atoms with Crippen molar-refractivity contribution in [1.82, 2.24) is 0 Å². The van der Waals surface area contributed by atoms with Gasteiger partial charge < -0.3 is 18.7 Å². The Bertz CT molecular complexity index is 2490. The van der Waals surface area contributed by atoms with Crippen LogP contribution in [0.2, 0.25) is 0 Å². The molecule has 1 atom stereocenters. The first-order chi connectivity index (χ1) is 24.2. The zero-order valence-corrected chi connectivity index (χ0v) is 30.1. The molecule has 2 aliphatic rings. The van der Waals surface area contributed by atoms with E-state index in [0.717, 1.165) is 77.2 Å². The molecule has 50 heavy (non-hydrogen) atoms. The number of nitrogens with zero attached hydrogens (tertiary/aromatic N) is 4. The molecule has 8 heteroatoms. The minimum Gasteiger partial charge on any atom is -0.306 e. The monoisotopic (exact) mass is 690 g/mol. The smallest absolute Gasteiger partial charge is 0.292 e. The van der Waals surface area contributed by atoms with Gasteiger partial charge in [-0.3, -0.25) is 9.13 Å². The summed E-state index contributed by atoms with van der Waals surface area (Å²) in [5, 5.41) is 6.11. The van der Waals surface area contributed by atoms with E-state index < -0.39 is 14.9 Å². The highest BCUT2D eigenvalue weighted by Gasteiger charge is 2.44. The van der Waals surface area contributed by atoms with Crippen LogP contribution in [0.25, 0.3) is 43.8 Å². The van der Waals surface area contributed by atoms with Gasteiger partial charge in [0.25, 0.3) is 14.9 Å². The summed E-state index contributed by atoms with van der Waals surface area (Å²) < 4.78 is 38.1. The molecule has 0 amide bonds. The molecule has 0 saturated carbocycles. The van der Waals surface area contributed by atoms with Crippen LogP contribution in [0.5, 0.6) is 0 Å². The number of hydrogen-bond donors (Lipinski definition) is 0. The normalized spacial score (nSPS) is 17.8. The lowest BCUT2D eigenvalue weighted by Crippen LogP contribution is -2.32. The Labute approximate surface area is 292 Å². The third-order valence-electron chi connectivity index (χ3n) is 10.7. The predicted molar refractivity (Wildman–Crippen MR) is 213 cm³/mol. The van der Waals surface area contributed by atoms with Crippen molar-refractivity contribution in [3.63, 3.8) is 0 Å². The number of benzene rings is 7. The summed E-state index contributed by atoms with van der Waals surface area (Å²) in [7, 11) is 1.34. The van der Waals surface area contributed by atoms with Gasteiger partial charge in [-0.05, 0) is 81.2 Å². The molecule has 0 radical (unpaired) electrons. The molecule has 1 unspecified atom stereocenters. The molecule has 0 spiro atoms. The van der Waals surface area contributed by atoms with Crippen LogP contribution in [-0.2, 0) is 9.13 Å². The molecule has 0 N–H and O–H groups in total. The minimum absolute atomic E-state index is 0.748. The van der Waals surface area contributed by atoms with E-state index >= 15 is 4.57 Å². The molecule has 2 heterocycles. The zero-order valence-electron chi connectivity index (χ0n) is 28.4. The van der Waals surface area contributed by atoms with Crippen LogP contribution >= 0.6 is 14.9 Å². The quantitative estimate of drug-likeness (QED) is 0.172. The van der Waals surface area contributed by atoms with Crippen LogP contribution in [0.4, 0.5) is 22.7 Å². The molecule has 0 aromatic heterocycles. The molecule has 7 aromatic carbocycles. The van der Waals surface area contributed by atoms with E-state index in [9.17, 15) is 4.57 Å². The van der Waals surface area contributed by atoms with E-state index in [1.165, 1.54) is 0 Å². The minimum atomic E-state index is -3.39. The molecule has 0 aliphatic carbocycles. The molecule has 2 aliphatic heterocycles. The lowest BCUT2D eigenvalue weighted by molar-refractivity contribution is 0.578. The fourth-order valence-electron chi connectivity index (χ4n) is 7.97. The molecule has 6 nitrogen and oxygen atoms in total. The zero-order chi connectivity index (χ0) is 34.4. The number of hydrogen-bond acceptors (Lipinski definition) is 2. The largest absolute Gasteiger partial charge is 0.306 e. The van der Waals surface area contributed by atoms with E-state index in [0.29, 0.717) is 0 Å². The lowest BCUT2D eigenvalue weighted by Gasteiger charge is -2.36. The first-order valence-electron chi connectivity index (χ1n) is 16.7. The van der Waals surface area contributed by atoms with Crippen molar-refractivity contribution < 1.29 is 9.13 Å². The van der Waals surface area contributed by atoms with E-state index in [4.69, 9.17) is 0 Å². The maximum atomic E-state index is 15.8. The summed E-state index contributed by atoms with van der Waals surface area (Å²) in [6.07, 6.45) is 0. The molecule has 246 valence electrons. The van der Waals surface area contributed by atoms with E-state index in [2.05, 4.69) is 103 Å². The maximum absolute atomic E-state index is 15.8. The van der Waals surface area contributed by atoms with Gasteiger partial charge in [-0.2, -0.15) is 0 Å². The molecule has 7 aromatic rings. The first-order valence-corrected chi connectivity index (χ1v) is 20.0. The van der Waals surface area contributed by atoms with Gasteiger partial charge in [0, 0.05) is 39.3 Å². The van der Waals surface area contributed by atoms with Gasteiger partial charge in [0.15, 0.2) is 0 Å². The third-order valence-corrected chi connectivity index (χ3v) is 16.7. The van der Waals surface area contributed by atoms with Crippen LogP contribution in [0, 0.1) is 0 Å². The molecule has 0 bridgehead atoms. The van der Waals surface area contributed by atoms with Crippen molar-refractivity contribution in [2.24, 2.45) is 0 Å². The summed E-state index contributed by atoms with van der Waals surface area (Å²) in [5.74, 6) is 0. The van der Waals surface area contributed by atoms with Gasteiger partial charge in [0.1, 0.15) is 0 Å². The Morgan fingerprint density at radius 3 is 1.36 bits per heavy atom. The van der Waals surface area contributed by atoms with Crippen molar-refractivity contribution in [2.45, 2.75) is 0 Å². The number of rotatable bonds is 3. The van der Waals surface area contributed by atoms with Crippen molar-refractivity contribution in [1.29, 1.82) is 0 Å². The third kappa shape index (κ3) is 4.16. The fraction of sp³-hybridized carbons (Fsp3) is 0.0952. The van der Waals surface area contributed by atoms with Gasteiger partial charge in [-0.15, -0.1) is 0 Å². The van der Waals surface area contributed by atoms with Crippen LogP contribution in [0.1, 0.15) is 0 Å². The van der Waals surface area contributed by atoms with E-state index in [1.54, 1.807) is 0 Å². The van der Waals surface area contributed by atoms with Crippen molar-refractivity contribution in [3.8, 4) is 22.3 Å². The predicted octanol–water partition coefficient (Wildman–Crippen LogP) is 10.1. The Morgan fingerprint density at radius 1 is 0.380 bits per heavy atom. The Hall–Kier alpha value is -5.28. The van der Waals surface area contributed by atoms with Crippen LogP contribution in [-0.4, -0.2) is 28.2 Å². The number of fused-ring (bicyclic) bond motifs is 8. The van der Waals surface area contributed by atoms with Crippen molar-refractivity contribution >= 4 is 69.8 Å². The second-order valence-electron chi connectivity index (χ2n) is 13.1. The number of anilines is 4. The SMILES string of the molecule is CN1c2ccc(-c3ccc(P4(=O)N(C)c5ccc6ccccc6c5-c5c(ccc6ccccc56)N4C)cc3)cc2N(C)P1(=O)c1ccccc1. The van der Waals surface area contributed by atoms with Gasteiger partial charge in [0.2, 0.25) is 0 Å². The van der Waals surface area contributed by atoms with Crippen molar-refractivity contribution in [2.75, 3.05) is 46.9 Å². The van der Waals surface area contributed by atoms with Crippen LogP contribution < -0.4 is 29.3 Å². The average molecular weight is 691 g/mol. The molecular weight excluding hydrogens is 654 g/mol. The van der Waals surface area contributed by atoms with Crippen molar-refractivity contribution in [3.05, 3.63) is 146 Å². The highest BCUT2D eigenvalue weighted by Crippen LogP contribution is 2.64. The highest BCUT2D eigenvalue weighted by molar-refractivity contribution is 7.75. The maximum Gasteiger partial charge on any atom is 0.292 e. The second-order valence-corrected chi connectivity index (χ2v) is 18.7. The Balaban J connectivity index is 1.16. The summed E-state index contributed by atoms with van der Waals surface area (Å²) in [6, 6.07) is 49.5. The lowest BCUT2D eigenvalue weighted by atomic mass is 9.91. The van der Waals surface area contributed by atoms with Crippen LogP contribution in [0.3, 0.4) is 0 Å². The topological polar surface area (TPSA) is 47.1 Å². The van der Waals surface area contributed by atoms with Gasteiger partial charge in [0.05, 0.1) is 33.4 Å². The highest BCUT2D eigenvalue weighted by atomic mass is 31.2. The van der Waals surface area contributed by atoms with Crippen LogP contribution in [0.15, 0.2) is 146 Å². The van der Waals surface area contributed by atoms with E-state index in [1.807, 2.05) is 89.3 Å². The van der Waals surface area contributed by atoms with E-state index in [-0.39, 0.29) is 0 Å².